The normalized spacial score (nSPS) is 10.8. The summed E-state index contributed by atoms with van der Waals surface area (Å²) in [5, 5.41) is 1.22. The number of hydrogen-bond acceptors (Lipinski definition) is 7. The number of benzene rings is 3. The average Bonchev–Trinajstić information content (AvgIpc) is 2.87. The SMILES string of the molecule is CCCCOc1c(OCCCC)c(OC(C)=O)c2cc(Sc3ccccc3CC)ccc2c1OC(C)=O. The lowest BCUT2D eigenvalue weighted by Gasteiger charge is -2.21. The lowest BCUT2D eigenvalue weighted by atomic mass is 10.1. The smallest absolute Gasteiger partial charge is 0.308 e. The van der Waals surface area contributed by atoms with Gasteiger partial charge >= 0.3 is 11.9 Å². The summed E-state index contributed by atoms with van der Waals surface area (Å²) in [5.74, 6) is 0.145. The summed E-state index contributed by atoms with van der Waals surface area (Å²) in [4.78, 5) is 26.5. The van der Waals surface area contributed by atoms with Crippen LogP contribution in [0.25, 0.3) is 10.8 Å². The van der Waals surface area contributed by atoms with Gasteiger partial charge < -0.3 is 18.9 Å². The van der Waals surface area contributed by atoms with E-state index in [2.05, 4.69) is 32.9 Å². The second-order valence-corrected chi connectivity index (χ2v) is 9.79. The third kappa shape index (κ3) is 7.41. The van der Waals surface area contributed by atoms with Crippen LogP contribution in [-0.4, -0.2) is 25.2 Å². The van der Waals surface area contributed by atoms with Gasteiger partial charge in [0.25, 0.3) is 0 Å². The van der Waals surface area contributed by atoms with Gasteiger partial charge in [0, 0.05) is 34.4 Å². The molecule has 7 heteroatoms. The van der Waals surface area contributed by atoms with Crippen molar-refractivity contribution in [3.8, 4) is 23.0 Å². The van der Waals surface area contributed by atoms with Gasteiger partial charge in [-0.05, 0) is 49.1 Å². The minimum absolute atomic E-state index is 0.270. The topological polar surface area (TPSA) is 71.1 Å². The van der Waals surface area contributed by atoms with E-state index in [1.165, 1.54) is 19.4 Å². The molecule has 0 aliphatic heterocycles. The zero-order chi connectivity index (χ0) is 26.8. The predicted octanol–water partition coefficient (Wildman–Crippen LogP) is 7.76. The van der Waals surface area contributed by atoms with Crippen LogP contribution < -0.4 is 18.9 Å². The van der Waals surface area contributed by atoms with Crippen molar-refractivity contribution in [2.75, 3.05) is 13.2 Å². The quantitative estimate of drug-likeness (QED) is 0.128. The molecule has 0 N–H and O–H groups in total. The standard InChI is InChI=1S/C30H36O6S/c1-6-9-17-33-29-27(35-20(4)31)24-16-15-23(37-26-14-12-11-13-22(26)8-3)19-25(24)28(36-21(5)32)30(29)34-18-10-7-2/h11-16,19H,6-10,17-18H2,1-5H3. The summed E-state index contributed by atoms with van der Waals surface area (Å²) in [5.41, 5.74) is 1.25. The Hall–Kier alpha value is -3.19. The van der Waals surface area contributed by atoms with Crippen molar-refractivity contribution in [1.29, 1.82) is 0 Å². The van der Waals surface area contributed by atoms with Crippen molar-refractivity contribution in [3.05, 3.63) is 48.0 Å². The van der Waals surface area contributed by atoms with E-state index in [4.69, 9.17) is 18.9 Å². The molecule has 3 rings (SSSR count). The molecule has 0 spiro atoms. The molecule has 37 heavy (non-hydrogen) atoms. The molecular formula is C30H36O6S. The van der Waals surface area contributed by atoms with Crippen LogP contribution in [0, 0.1) is 0 Å². The Morgan fingerprint density at radius 3 is 1.84 bits per heavy atom. The fourth-order valence-electron chi connectivity index (χ4n) is 3.84. The first-order valence-corrected chi connectivity index (χ1v) is 13.7. The van der Waals surface area contributed by atoms with Crippen molar-refractivity contribution in [2.24, 2.45) is 0 Å². The van der Waals surface area contributed by atoms with Crippen LogP contribution >= 0.6 is 11.8 Å². The van der Waals surface area contributed by atoms with Gasteiger partial charge in [0.15, 0.2) is 11.5 Å². The van der Waals surface area contributed by atoms with Crippen molar-refractivity contribution < 1.29 is 28.5 Å². The van der Waals surface area contributed by atoms with E-state index in [0.717, 1.165) is 41.9 Å². The van der Waals surface area contributed by atoms with Crippen LogP contribution in [0.3, 0.4) is 0 Å². The van der Waals surface area contributed by atoms with E-state index in [1.807, 2.05) is 30.3 Å². The number of hydrogen-bond donors (Lipinski definition) is 0. The number of esters is 2. The molecular weight excluding hydrogens is 488 g/mol. The molecule has 0 aliphatic carbocycles. The number of unbranched alkanes of at least 4 members (excludes halogenated alkanes) is 2. The van der Waals surface area contributed by atoms with Crippen molar-refractivity contribution in [2.45, 2.75) is 76.5 Å². The van der Waals surface area contributed by atoms with Gasteiger partial charge in [-0.3, -0.25) is 9.59 Å². The molecule has 0 saturated carbocycles. The van der Waals surface area contributed by atoms with E-state index in [1.54, 1.807) is 11.8 Å². The highest BCUT2D eigenvalue weighted by atomic mass is 32.2. The molecule has 3 aromatic rings. The number of carbonyl (C=O) groups excluding carboxylic acids is 2. The summed E-state index contributed by atoms with van der Waals surface area (Å²) < 4.78 is 23.7. The van der Waals surface area contributed by atoms with Crippen LogP contribution in [-0.2, 0) is 16.0 Å². The van der Waals surface area contributed by atoms with Crippen LogP contribution in [0.2, 0.25) is 0 Å². The predicted molar refractivity (Wildman–Crippen MR) is 147 cm³/mol. The van der Waals surface area contributed by atoms with Gasteiger partial charge in [-0.25, -0.2) is 0 Å². The molecule has 0 radical (unpaired) electrons. The summed E-state index contributed by atoms with van der Waals surface area (Å²) in [6, 6.07) is 14.1. The summed E-state index contributed by atoms with van der Waals surface area (Å²) in [6.07, 6.45) is 4.38. The zero-order valence-electron chi connectivity index (χ0n) is 22.3. The van der Waals surface area contributed by atoms with Crippen LogP contribution in [0.1, 0.15) is 65.9 Å². The van der Waals surface area contributed by atoms with Crippen molar-refractivity contribution >= 4 is 34.5 Å². The molecule has 3 aromatic carbocycles. The molecule has 0 atom stereocenters. The number of fused-ring (bicyclic) bond motifs is 1. The third-order valence-corrected chi connectivity index (χ3v) is 6.77. The Kier molecular flexibility index (Phi) is 10.7. The highest BCUT2D eigenvalue weighted by molar-refractivity contribution is 7.99. The van der Waals surface area contributed by atoms with Crippen LogP contribution in [0.5, 0.6) is 23.0 Å². The van der Waals surface area contributed by atoms with Crippen molar-refractivity contribution in [1.82, 2.24) is 0 Å². The first kappa shape index (κ1) is 28.4. The minimum Gasteiger partial charge on any atom is -0.486 e. The monoisotopic (exact) mass is 524 g/mol. The van der Waals surface area contributed by atoms with Gasteiger partial charge in [-0.1, -0.05) is 63.6 Å². The molecule has 0 bridgehead atoms. The van der Waals surface area contributed by atoms with Gasteiger partial charge in [0.2, 0.25) is 11.5 Å². The minimum atomic E-state index is -0.476. The molecule has 0 heterocycles. The van der Waals surface area contributed by atoms with E-state index < -0.39 is 11.9 Å². The van der Waals surface area contributed by atoms with E-state index in [0.29, 0.717) is 24.0 Å². The largest absolute Gasteiger partial charge is 0.486 e. The molecule has 0 aliphatic rings. The van der Waals surface area contributed by atoms with E-state index in [-0.39, 0.29) is 23.0 Å². The molecule has 6 nitrogen and oxygen atoms in total. The Balaban J connectivity index is 2.26. The Morgan fingerprint density at radius 2 is 1.30 bits per heavy atom. The average molecular weight is 525 g/mol. The third-order valence-electron chi connectivity index (χ3n) is 5.66. The zero-order valence-corrected chi connectivity index (χ0v) is 23.2. The molecule has 0 fully saturated rings. The maximum Gasteiger partial charge on any atom is 0.308 e. The van der Waals surface area contributed by atoms with Gasteiger partial charge in [-0.15, -0.1) is 0 Å². The number of rotatable bonds is 13. The maximum atomic E-state index is 12.2. The summed E-state index contributed by atoms with van der Waals surface area (Å²) >= 11 is 1.63. The number of carbonyl (C=O) groups is 2. The van der Waals surface area contributed by atoms with Gasteiger partial charge in [0.1, 0.15) is 0 Å². The Morgan fingerprint density at radius 1 is 0.730 bits per heavy atom. The first-order chi connectivity index (χ1) is 17.9. The fourth-order valence-corrected chi connectivity index (χ4v) is 4.89. The number of aryl methyl sites for hydroxylation is 1. The van der Waals surface area contributed by atoms with Crippen LogP contribution in [0.15, 0.2) is 52.3 Å². The highest BCUT2D eigenvalue weighted by Crippen LogP contribution is 2.52. The van der Waals surface area contributed by atoms with Gasteiger partial charge in [0.05, 0.1) is 13.2 Å². The highest BCUT2D eigenvalue weighted by Gasteiger charge is 2.27. The Bertz CT molecular complexity index is 1240. The number of ether oxygens (including phenoxy) is 4. The van der Waals surface area contributed by atoms with Gasteiger partial charge in [-0.2, -0.15) is 0 Å². The lowest BCUT2D eigenvalue weighted by molar-refractivity contribution is -0.133. The fraction of sp³-hybridized carbons (Fsp3) is 0.400. The molecule has 0 amide bonds. The second kappa shape index (κ2) is 13.9. The summed E-state index contributed by atoms with van der Waals surface area (Å²) in [6.45, 7) is 9.78. The molecule has 0 saturated heterocycles. The molecule has 0 unspecified atom stereocenters. The summed E-state index contributed by atoms with van der Waals surface area (Å²) in [7, 11) is 0. The van der Waals surface area contributed by atoms with E-state index >= 15 is 0 Å². The Labute approximate surface area is 223 Å². The molecule has 198 valence electrons. The van der Waals surface area contributed by atoms with Crippen LogP contribution in [0.4, 0.5) is 0 Å². The lowest BCUT2D eigenvalue weighted by Crippen LogP contribution is -2.11. The van der Waals surface area contributed by atoms with E-state index in [9.17, 15) is 9.59 Å². The second-order valence-electron chi connectivity index (χ2n) is 8.68. The first-order valence-electron chi connectivity index (χ1n) is 12.9. The van der Waals surface area contributed by atoms with Crippen molar-refractivity contribution in [3.63, 3.8) is 0 Å². The maximum absolute atomic E-state index is 12.2. The molecule has 0 aromatic heterocycles.